The molecule has 1 aromatic carbocycles. The summed E-state index contributed by atoms with van der Waals surface area (Å²) in [7, 11) is 2.93. The maximum atomic E-state index is 10.9. The van der Waals surface area contributed by atoms with Gasteiger partial charge in [-0.1, -0.05) is 12.1 Å². The van der Waals surface area contributed by atoms with Crippen LogP contribution in [0.1, 0.15) is 12.5 Å². The van der Waals surface area contributed by atoms with Gasteiger partial charge in [0, 0.05) is 6.08 Å². The maximum Gasteiger partial charge on any atom is 0.332 e. The molecule has 0 bridgehead atoms. The lowest BCUT2D eigenvalue weighted by Gasteiger charge is -1.99. The number of carbonyl (C=O) groups is 1. The first-order chi connectivity index (χ1) is 9.15. The van der Waals surface area contributed by atoms with Gasteiger partial charge in [-0.2, -0.15) is 4.99 Å². The second-order valence-electron chi connectivity index (χ2n) is 3.68. The van der Waals surface area contributed by atoms with Crippen LogP contribution < -0.4 is 4.74 Å². The van der Waals surface area contributed by atoms with Crippen LogP contribution in [-0.2, 0) is 16.1 Å². The molecular weight excluding hydrogens is 244 g/mol. The number of methoxy groups -OCH3 is 2. The van der Waals surface area contributed by atoms with Crippen molar-refractivity contribution in [3.63, 3.8) is 0 Å². The van der Waals surface area contributed by atoms with Crippen LogP contribution in [-0.4, -0.2) is 26.2 Å². The predicted octanol–water partition coefficient (Wildman–Crippen LogP) is 2.45. The zero-order valence-electron chi connectivity index (χ0n) is 11.2. The molecule has 0 heterocycles. The van der Waals surface area contributed by atoms with E-state index in [0.717, 1.165) is 11.3 Å². The molecule has 0 unspecified atom stereocenters. The van der Waals surface area contributed by atoms with Crippen molar-refractivity contribution >= 4 is 12.0 Å². The molecule has 0 aliphatic heterocycles. The number of hydrogen-bond donors (Lipinski definition) is 0. The molecule has 0 saturated carbocycles. The number of hydrogen-bond acceptors (Lipinski definition) is 5. The van der Waals surface area contributed by atoms with Crippen molar-refractivity contribution in [2.45, 2.75) is 13.5 Å². The monoisotopic (exact) mass is 260 g/mol. The topological polar surface area (TPSA) is 60.2 Å². The molecule has 19 heavy (non-hydrogen) atoms. The summed E-state index contributed by atoms with van der Waals surface area (Å²) >= 11 is 0. The molecule has 0 aliphatic rings. The Hall–Kier alpha value is -2.39. The lowest BCUT2D eigenvalue weighted by atomic mass is 10.2. The van der Waals surface area contributed by atoms with E-state index in [1.807, 2.05) is 24.3 Å². The Bertz CT molecular complexity index is 512. The zero-order valence-corrected chi connectivity index (χ0v) is 11.2. The summed E-state index contributed by atoms with van der Waals surface area (Å²) < 4.78 is 9.53. The van der Waals surface area contributed by atoms with E-state index in [-0.39, 0.29) is 0 Å². The standard InChI is InChI=1S/C14H16N2O3/c1-11(8-14(17)19-3)16-10-15-9-12-4-6-13(18-2)7-5-12/h4-8H,9H2,1-3H3/b11-8+. The molecule has 0 aromatic heterocycles. The van der Waals surface area contributed by atoms with Gasteiger partial charge in [0.1, 0.15) is 5.75 Å². The lowest BCUT2D eigenvalue weighted by Crippen LogP contribution is -1.94. The lowest BCUT2D eigenvalue weighted by molar-refractivity contribution is -0.134. The number of ether oxygens (including phenoxy) is 2. The molecule has 1 aromatic rings. The van der Waals surface area contributed by atoms with Gasteiger partial charge in [0.25, 0.3) is 0 Å². The summed E-state index contributed by atoms with van der Waals surface area (Å²) in [6.07, 6.45) is 1.27. The smallest absolute Gasteiger partial charge is 0.332 e. The summed E-state index contributed by atoms with van der Waals surface area (Å²) in [5.74, 6) is 0.358. The van der Waals surface area contributed by atoms with Crippen molar-refractivity contribution in [3.8, 4) is 5.75 Å². The molecule has 0 saturated heterocycles. The Morgan fingerprint density at radius 3 is 2.58 bits per heavy atom. The molecule has 0 amide bonds. The minimum atomic E-state index is -0.446. The number of nitrogens with zero attached hydrogens (tertiary/aromatic N) is 2. The first kappa shape index (κ1) is 14.7. The van der Waals surface area contributed by atoms with Crippen molar-refractivity contribution in [1.29, 1.82) is 0 Å². The quantitative estimate of drug-likeness (QED) is 0.464. The van der Waals surface area contributed by atoms with Gasteiger partial charge in [-0.05, 0) is 24.6 Å². The van der Waals surface area contributed by atoms with Gasteiger partial charge >= 0.3 is 5.97 Å². The van der Waals surface area contributed by atoms with Crippen molar-refractivity contribution in [3.05, 3.63) is 41.6 Å². The molecule has 0 atom stereocenters. The number of allylic oxidation sites excluding steroid dienone is 1. The van der Waals surface area contributed by atoms with Crippen LogP contribution in [0.5, 0.6) is 5.75 Å². The molecule has 0 fully saturated rings. The summed E-state index contributed by atoms with van der Waals surface area (Å²) in [6.45, 7) is 2.14. The fourth-order valence-electron chi connectivity index (χ4n) is 1.23. The second kappa shape index (κ2) is 7.84. The van der Waals surface area contributed by atoms with Crippen LogP contribution in [0.2, 0.25) is 0 Å². The molecule has 5 nitrogen and oxygen atoms in total. The van der Waals surface area contributed by atoms with Crippen LogP contribution in [0, 0.1) is 0 Å². The number of benzene rings is 1. The third-order valence-corrected chi connectivity index (χ3v) is 2.25. The average Bonchev–Trinajstić information content (AvgIpc) is 2.44. The van der Waals surface area contributed by atoms with Crippen LogP contribution >= 0.6 is 0 Å². The first-order valence-corrected chi connectivity index (χ1v) is 5.67. The van der Waals surface area contributed by atoms with E-state index in [0.29, 0.717) is 12.2 Å². The van der Waals surface area contributed by atoms with Gasteiger partial charge in [0.05, 0.1) is 32.5 Å². The fraction of sp³-hybridized carbons (Fsp3) is 0.286. The Balaban J connectivity index is 2.57. The summed E-state index contributed by atoms with van der Waals surface area (Å²) in [5.41, 5.74) is 1.52. The van der Waals surface area contributed by atoms with Gasteiger partial charge < -0.3 is 9.47 Å². The van der Waals surface area contributed by atoms with Crippen molar-refractivity contribution in [2.75, 3.05) is 14.2 Å². The van der Waals surface area contributed by atoms with E-state index < -0.39 is 5.97 Å². The molecule has 0 radical (unpaired) electrons. The fourth-order valence-corrected chi connectivity index (χ4v) is 1.23. The minimum Gasteiger partial charge on any atom is -0.497 e. The molecule has 0 N–H and O–H groups in total. The van der Waals surface area contributed by atoms with E-state index in [1.54, 1.807) is 14.0 Å². The highest BCUT2D eigenvalue weighted by Gasteiger charge is 1.94. The van der Waals surface area contributed by atoms with Gasteiger partial charge in [-0.15, -0.1) is 0 Å². The Labute approximate surface area is 112 Å². The van der Waals surface area contributed by atoms with Crippen LogP contribution in [0.15, 0.2) is 46.0 Å². The van der Waals surface area contributed by atoms with Crippen LogP contribution in [0.4, 0.5) is 0 Å². The third kappa shape index (κ3) is 5.66. The van der Waals surface area contributed by atoms with Gasteiger partial charge in [0.2, 0.25) is 0 Å². The summed E-state index contributed by atoms with van der Waals surface area (Å²) in [6, 6.07) is 10.1. The largest absolute Gasteiger partial charge is 0.497 e. The molecule has 100 valence electrons. The molecular formula is C14H16N2O3. The first-order valence-electron chi connectivity index (χ1n) is 5.67. The van der Waals surface area contributed by atoms with Crippen molar-refractivity contribution in [1.82, 2.24) is 0 Å². The Morgan fingerprint density at radius 1 is 1.32 bits per heavy atom. The normalized spacial score (nSPS) is 10.4. The van der Waals surface area contributed by atoms with E-state index in [4.69, 9.17) is 4.74 Å². The minimum absolute atomic E-state index is 0.446. The molecule has 0 aliphatic carbocycles. The van der Waals surface area contributed by atoms with Crippen molar-refractivity contribution < 1.29 is 14.3 Å². The van der Waals surface area contributed by atoms with Crippen LogP contribution in [0.25, 0.3) is 0 Å². The Kier molecular flexibility index (Phi) is 6.06. The van der Waals surface area contributed by atoms with Gasteiger partial charge in [0.15, 0.2) is 0 Å². The predicted molar refractivity (Wildman–Crippen MR) is 72.3 cm³/mol. The second-order valence-corrected chi connectivity index (χ2v) is 3.68. The number of rotatable bonds is 5. The number of aliphatic imine (C=N–C) groups is 2. The van der Waals surface area contributed by atoms with E-state index in [9.17, 15) is 4.79 Å². The van der Waals surface area contributed by atoms with E-state index in [1.165, 1.54) is 13.2 Å². The third-order valence-electron chi connectivity index (χ3n) is 2.25. The number of esters is 1. The molecule has 0 spiro atoms. The highest BCUT2D eigenvalue weighted by Crippen LogP contribution is 2.11. The molecule has 5 heteroatoms. The van der Waals surface area contributed by atoms with Gasteiger partial charge in [-0.3, -0.25) is 0 Å². The van der Waals surface area contributed by atoms with Crippen LogP contribution in [0.3, 0.4) is 0 Å². The zero-order chi connectivity index (χ0) is 14.1. The highest BCUT2D eigenvalue weighted by molar-refractivity contribution is 5.82. The highest BCUT2D eigenvalue weighted by atomic mass is 16.5. The van der Waals surface area contributed by atoms with Crippen molar-refractivity contribution in [2.24, 2.45) is 9.98 Å². The summed E-state index contributed by atoms with van der Waals surface area (Å²) in [4.78, 5) is 18.8. The van der Waals surface area contributed by atoms with E-state index >= 15 is 0 Å². The average molecular weight is 260 g/mol. The van der Waals surface area contributed by atoms with E-state index in [2.05, 4.69) is 20.7 Å². The SMILES string of the molecule is COC(=O)/C=C(\C)N=C=NCc1ccc(OC)cc1. The van der Waals surface area contributed by atoms with Gasteiger partial charge in [-0.25, -0.2) is 9.79 Å². The number of carbonyl (C=O) groups excluding carboxylic acids is 1. The Morgan fingerprint density at radius 2 is 2.00 bits per heavy atom. The molecule has 1 rings (SSSR count). The summed E-state index contributed by atoms with van der Waals surface area (Å²) in [5, 5.41) is 0. The maximum absolute atomic E-state index is 10.9.